The molecule has 2 unspecified atom stereocenters. The normalized spacial score (nSPS) is 13.1. The predicted octanol–water partition coefficient (Wildman–Crippen LogP) is 2.40. The Kier molecular flexibility index (Phi) is 6.89. The number of nitrogens with zero attached hydrogens (tertiary/aromatic N) is 3. The number of fused-ring (bicyclic) bond motifs is 1. The van der Waals surface area contributed by atoms with E-state index in [4.69, 9.17) is 5.73 Å². The lowest BCUT2D eigenvalue weighted by molar-refractivity contribution is -0.383. The van der Waals surface area contributed by atoms with Gasteiger partial charge in [0.1, 0.15) is 6.29 Å². The standard InChI is InChI=1S/C23H27N5O4/c1-26(2)21(12-16-13-25-19-5-4-6-20(22(16)19)28(31)32)23(30)27(3)18(14-29)11-15-7-9-17(24)10-8-15/h4-10,13-14,18,21,25H,11-12,24H2,1-3H3. The Morgan fingerprint density at radius 3 is 2.44 bits per heavy atom. The summed E-state index contributed by atoms with van der Waals surface area (Å²) in [4.78, 5) is 42.5. The van der Waals surface area contributed by atoms with Crippen molar-refractivity contribution in [2.45, 2.75) is 24.9 Å². The first-order valence-corrected chi connectivity index (χ1v) is 10.2. The number of aldehydes is 1. The van der Waals surface area contributed by atoms with Crippen LogP contribution in [0.2, 0.25) is 0 Å². The highest BCUT2D eigenvalue weighted by Gasteiger charge is 2.30. The molecule has 168 valence electrons. The molecular weight excluding hydrogens is 410 g/mol. The molecule has 0 saturated carbocycles. The Hall–Kier alpha value is -3.72. The third-order valence-corrected chi connectivity index (χ3v) is 5.71. The number of rotatable bonds is 9. The van der Waals surface area contributed by atoms with Crippen LogP contribution in [0.3, 0.4) is 0 Å². The minimum absolute atomic E-state index is 0.00817. The largest absolute Gasteiger partial charge is 0.399 e. The number of carbonyl (C=O) groups is 2. The van der Waals surface area contributed by atoms with Crippen molar-refractivity contribution in [3.8, 4) is 0 Å². The Morgan fingerprint density at radius 2 is 1.84 bits per heavy atom. The maximum atomic E-state index is 13.4. The molecule has 0 fully saturated rings. The van der Waals surface area contributed by atoms with E-state index in [1.54, 1.807) is 56.5 Å². The molecule has 2 atom stereocenters. The summed E-state index contributed by atoms with van der Waals surface area (Å²) in [6.07, 6.45) is 3.09. The highest BCUT2D eigenvalue weighted by molar-refractivity contribution is 5.93. The predicted molar refractivity (Wildman–Crippen MR) is 123 cm³/mol. The lowest BCUT2D eigenvalue weighted by Crippen LogP contribution is -2.50. The number of hydrogen-bond donors (Lipinski definition) is 2. The second-order valence-electron chi connectivity index (χ2n) is 8.05. The van der Waals surface area contributed by atoms with Crippen LogP contribution >= 0.6 is 0 Å². The van der Waals surface area contributed by atoms with Crippen LogP contribution in [-0.2, 0) is 22.4 Å². The molecular formula is C23H27N5O4. The SMILES string of the molecule is CN(C)C(Cc1c[nH]c2cccc([N+](=O)[O-])c12)C(=O)N(C)C(C=O)Cc1ccc(N)cc1. The summed E-state index contributed by atoms with van der Waals surface area (Å²) in [5.41, 5.74) is 8.55. The number of amides is 1. The number of nitrogens with one attached hydrogen (secondary N) is 1. The summed E-state index contributed by atoms with van der Waals surface area (Å²) in [5, 5.41) is 12.0. The number of non-ortho nitro benzene ring substituents is 1. The van der Waals surface area contributed by atoms with E-state index in [0.29, 0.717) is 28.6 Å². The summed E-state index contributed by atoms with van der Waals surface area (Å²) in [6.45, 7) is 0. The number of nitro benzene ring substituents is 1. The number of nitro groups is 1. The average Bonchev–Trinajstić information content (AvgIpc) is 3.18. The maximum Gasteiger partial charge on any atom is 0.279 e. The smallest absolute Gasteiger partial charge is 0.279 e. The molecule has 3 N–H and O–H groups in total. The summed E-state index contributed by atoms with van der Waals surface area (Å²) in [5.74, 6) is -0.240. The number of anilines is 1. The van der Waals surface area contributed by atoms with E-state index in [2.05, 4.69) is 4.98 Å². The topological polar surface area (TPSA) is 126 Å². The first-order chi connectivity index (χ1) is 15.2. The van der Waals surface area contributed by atoms with Gasteiger partial charge in [-0.05, 0) is 56.3 Å². The number of likely N-dealkylation sites (N-methyl/N-ethyl adjacent to an activating group) is 2. The number of nitrogen functional groups attached to an aromatic ring is 1. The average molecular weight is 438 g/mol. The zero-order valence-electron chi connectivity index (χ0n) is 18.3. The quantitative estimate of drug-likeness (QED) is 0.229. The molecule has 1 amide bonds. The van der Waals surface area contributed by atoms with Gasteiger partial charge in [0.15, 0.2) is 0 Å². The third kappa shape index (κ3) is 4.78. The van der Waals surface area contributed by atoms with Gasteiger partial charge in [0.2, 0.25) is 5.91 Å². The van der Waals surface area contributed by atoms with Crippen LogP contribution < -0.4 is 5.73 Å². The fourth-order valence-corrected chi connectivity index (χ4v) is 3.82. The third-order valence-electron chi connectivity index (χ3n) is 5.71. The fourth-order valence-electron chi connectivity index (χ4n) is 3.82. The number of benzene rings is 2. The zero-order valence-corrected chi connectivity index (χ0v) is 18.3. The van der Waals surface area contributed by atoms with Gasteiger partial charge in [-0.15, -0.1) is 0 Å². The molecule has 1 heterocycles. The van der Waals surface area contributed by atoms with Crippen molar-refractivity contribution in [3.63, 3.8) is 0 Å². The van der Waals surface area contributed by atoms with Crippen molar-refractivity contribution in [2.75, 3.05) is 26.9 Å². The minimum Gasteiger partial charge on any atom is -0.399 e. The number of hydrogen-bond acceptors (Lipinski definition) is 6. The summed E-state index contributed by atoms with van der Waals surface area (Å²) >= 11 is 0. The van der Waals surface area contributed by atoms with Crippen molar-refractivity contribution in [1.29, 1.82) is 0 Å². The monoisotopic (exact) mass is 437 g/mol. The van der Waals surface area contributed by atoms with Gasteiger partial charge >= 0.3 is 0 Å². The van der Waals surface area contributed by atoms with E-state index in [1.165, 1.54) is 11.0 Å². The summed E-state index contributed by atoms with van der Waals surface area (Å²) < 4.78 is 0. The van der Waals surface area contributed by atoms with Crippen molar-refractivity contribution >= 4 is 34.5 Å². The zero-order chi connectivity index (χ0) is 23.4. The summed E-state index contributed by atoms with van der Waals surface area (Å²) in [7, 11) is 5.15. The molecule has 3 rings (SSSR count). The van der Waals surface area contributed by atoms with E-state index in [-0.39, 0.29) is 18.0 Å². The lowest BCUT2D eigenvalue weighted by atomic mass is 10.0. The number of H-pyrrole nitrogens is 1. The van der Waals surface area contributed by atoms with Gasteiger partial charge in [-0.3, -0.25) is 19.8 Å². The molecule has 9 nitrogen and oxygen atoms in total. The van der Waals surface area contributed by atoms with Crippen molar-refractivity contribution < 1.29 is 14.5 Å². The summed E-state index contributed by atoms with van der Waals surface area (Å²) in [6, 6.07) is 10.8. The van der Waals surface area contributed by atoms with E-state index in [9.17, 15) is 19.7 Å². The highest BCUT2D eigenvalue weighted by atomic mass is 16.6. The Bertz CT molecular complexity index is 1120. The first kappa shape index (κ1) is 23.0. The van der Waals surface area contributed by atoms with Gasteiger partial charge in [-0.25, -0.2) is 0 Å². The van der Waals surface area contributed by atoms with Gasteiger partial charge < -0.3 is 20.4 Å². The molecule has 0 aliphatic heterocycles. The van der Waals surface area contributed by atoms with Crippen LogP contribution in [0.4, 0.5) is 11.4 Å². The van der Waals surface area contributed by atoms with E-state index < -0.39 is 17.0 Å². The molecule has 0 aliphatic carbocycles. The minimum atomic E-state index is -0.647. The Balaban J connectivity index is 1.85. The lowest BCUT2D eigenvalue weighted by Gasteiger charge is -2.31. The van der Waals surface area contributed by atoms with Crippen molar-refractivity contribution in [1.82, 2.24) is 14.8 Å². The van der Waals surface area contributed by atoms with Gasteiger partial charge in [-0.2, -0.15) is 0 Å². The van der Waals surface area contributed by atoms with E-state index in [1.807, 2.05) is 12.1 Å². The molecule has 32 heavy (non-hydrogen) atoms. The molecule has 2 aromatic carbocycles. The first-order valence-electron chi connectivity index (χ1n) is 10.2. The van der Waals surface area contributed by atoms with Crippen LogP contribution in [0.5, 0.6) is 0 Å². The van der Waals surface area contributed by atoms with Crippen molar-refractivity contribution in [3.05, 3.63) is 69.9 Å². The fraction of sp³-hybridized carbons (Fsp3) is 0.304. The van der Waals surface area contributed by atoms with Gasteiger partial charge in [-0.1, -0.05) is 18.2 Å². The number of nitrogens with two attached hydrogens (primary N) is 1. The molecule has 9 heteroatoms. The Labute approximate surface area is 185 Å². The number of aromatic amines is 1. The molecule has 1 aromatic heterocycles. The molecule has 0 radical (unpaired) electrons. The van der Waals surface area contributed by atoms with Gasteiger partial charge in [0, 0.05) is 25.0 Å². The number of aromatic nitrogens is 1. The van der Waals surface area contributed by atoms with E-state index in [0.717, 1.165) is 11.8 Å². The Morgan fingerprint density at radius 1 is 1.16 bits per heavy atom. The van der Waals surface area contributed by atoms with Crippen LogP contribution in [0, 0.1) is 10.1 Å². The highest BCUT2D eigenvalue weighted by Crippen LogP contribution is 2.30. The van der Waals surface area contributed by atoms with Crippen LogP contribution in [0.25, 0.3) is 10.9 Å². The molecule has 0 bridgehead atoms. The molecule has 0 aliphatic rings. The molecule has 0 spiro atoms. The second kappa shape index (κ2) is 9.61. The number of carbonyl (C=O) groups excluding carboxylic acids is 2. The van der Waals surface area contributed by atoms with Crippen LogP contribution in [0.1, 0.15) is 11.1 Å². The van der Waals surface area contributed by atoms with Crippen LogP contribution in [0.15, 0.2) is 48.7 Å². The van der Waals surface area contributed by atoms with Gasteiger partial charge in [0.05, 0.1) is 27.9 Å². The van der Waals surface area contributed by atoms with Crippen LogP contribution in [-0.4, -0.2) is 65.1 Å². The van der Waals surface area contributed by atoms with Crippen molar-refractivity contribution in [2.24, 2.45) is 0 Å². The molecule has 3 aromatic rings. The second-order valence-corrected chi connectivity index (χ2v) is 8.05. The van der Waals surface area contributed by atoms with Gasteiger partial charge in [0.25, 0.3) is 5.69 Å². The maximum absolute atomic E-state index is 13.4. The van der Waals surface area contributed by atoms with E-state index >= 15 is 0 Å². The molecule has 0 saturated heterocycles.